The van der Waals surface area contributed by atoms with Crippen molar-refractivity contribution in [1.82, 2.24) is 4.90 Å². The van der Waals surface area contributed by atoms with Crippen molar-refractivity contribution in [3.63, 3.8) is 0 Å². The molecule has 0 radical (unpaired) electrons. The summed E-state index contributed by atoms with van der Waals surface area (Å²) in [5, 5.41) is 0. The van der Waals surface area contributed by atoms with Gasteiger partial charge in [-0.15, -0.1) is 0 Å². The van der Waals surface area contributed by atoms with Crippen LogP contribution in [0.3, 0.4) is 0 Å². The first-order chi connectivity index (χ1) is 6.83. The number of ketones is 1. The topological polar surface area (TPSA) is 29.5 Å². The van der Waals surface area contributed by atoms with Gasteiger partial charge in [0, 0.05) is 19.5 Å². The van der Waals surface area contributed by atoms with Gasteiger partial charge in [0.25, 0.3) is 0 Å². The van der Waals surface area contributed by atoms with Crippen LogP contribution in [-0.4, -0.2) is 43.5 Å². The van der Waals surface area contributed by atoms with Crippen LogP contribution in [-0.2, 0) is 9.53 Å². The average Bonchev–Trinajstić information content (AvgIpc) is 2.20. The Hall–Kier alpha value is -0.410. The van der Waals surface area contributed by atoms with Crippen LogP contribution >= 0.6 is 0 Å². The van der Waals surface area contributed by atoms with E-state index in [1.54, 1.807) is 0 Å². The molecular formula is C11H21NO2. The molecule has 0 spiro atoms. The summed E-state index contributed by atoms with van der Waals surface area (Å²) in [7, 11) is 0. The highest BCUT2D eigenvalue weighted by molar-refractivity contribution is 5.80. The molecule has 1 heterocycles. The Balaban J connectivity index is 2.06. The third-order valence-electron chi connectivity index (χ3n) is 2.56. The summed E-state index contributed by atoms with van der Waals surface area (Å²) in [5.41, 5.74) is 0. The van der Waals surface area contributed by atoms with E-state index in [1.807, 2.05) is 0 Å². The highest BCUT2D eigenvalue weighted by atomic mass is 16.5. The largest absolute Gasteiger partial charge is 0.379 e. The number of unbranched alkanes of at least 4 members (excludes halogenated alkanes) is 2. The van der Waals surface area contributed by atoms with Crippen LogP contribution in [0.15, 0.2) is 0 Å². The fourth-order valence-electron chi connectivity index (χ4n) is 1.66. The maximum atomic E-state index is 11.5. The lowest BCUT2D eigenvalue weighted by Crippen LogP contribution is -2.39. The Kier molecular flexibility index (Phi) is 5.80. The van der Waals surface area contributed by atoms with Crippen LogP contribution in [0.2, 0.25) is 0 Å². The van der Waals surface area contributed by atoms with E-state index >= 15 is 0 Å². The summed E-state index contributed by atoms with van der Waals surface area (Å²) < 4.78 is 5.23. The van der Waals surface area contributed by atoms with Crippen molar-refractivity contribution < 1.29 is 9.53 Å². The number of Topliss-reactive ketones (excluding diaryl/α,β-unsaturated/α-hetero) is 1. The minimum absolute atomic E-state index is 0.389. The van der Waals surface area contributed by atoms with Gasteiger partial charge in [-0.2, -0.15) is 0 Å². The summed E-state index contributed by atoms with van der Waals surface area (Å²) in [6.45, 7) is 6.18. The fraction of sp³-hybridized carbons (Fsp3) is 0.909. The number of rotatable bonds is 6. The van der Waals surface area contributed by atoms with Crippen LogP contribution in [0.25, 0.3) is 0 Å². The van der Waals surface area contributed by atoms with E-state index in [4.69, 9.17) is 4.74 Å². The molecule has 1 rings (SSSR count). The van der Waals surface area contributed by atoms with Gasteiger partial charge in [-0.1, -0.05) is 19.8 Å². The molecule has 1 saturated heterocycles. The van der Waals surface area contributed by atoms with Crippen molar-refractivity contribution in [2.75, 3.05) is 32.8 Å². The molecule has 0 amide bonds. The zero-order valence-electron chi connectivity index (χ0n) is 9.13. The molecule has 82 valence electrons. The molecule has 0 atom stereocenters. The zero-order chi connectivity index (χ0) is 10.2. The van der Waals surface area contributed by atoms with Crippen LogP contribution in [0.1, 0.15) is 32.6 Å². The van der Waals surface area contributed by atoms with Gasteiger partial charge in [0.1, 0.15) is 5.78 Å². The van der Waals surface area contributed by atoms with Gasteiger partial charge in [0.2, 0.25) is 0 Å². The molecular weight excluding hydrogens is 178 g/mol. The first-order valence-corrected chi connectivity index (χ1v) is 5.64. The van der Waals surface area contributed by atoms with Gasteiger partial charge in [0.15, 0.2) is 0 Å². The van der Waals surface area contributed by atoms with E-state index in [0.29, 0.717) is 12.3 Å². The first-order valence-electron chi connectivity index (χ1n) is 5.64. The molecule has 0 aromatic carbocycles. The second-order valence-electron chi connectivity index (χ2n) is 3.88. The molecule has 0 aromatic heterocycles. The molecule has 0 aliphatic carbocycles. The van der Waals surface area contributed by atoms with Gasteiger partial charge < -0.3 is 4.74 Å². The van der Waals surface area contributed by atoms with E-state index < -0.39 is 0 Å². The molecule has 0 saturated carbocycles. The summed E-state index contributed by atoms with van der Waals surface area (Å²) in [5.74, 6) is 0.389. The molecule has 1 fully saturated rings. The minimum atomic E-state index is 0.389. The van der Waals surface area contributed by atoms with E-state index in [9.17, 15) is 4.79 Å². The molecule has 0 unspecified atom stereocenters. The third kappa shape index (κ3) is 4.72. The summed E-state index contributed by atoms with van der Waals surface area (Å²) in [6, 6.07) is 0. The van der Waals surface area contributed by atoms with Crippen molar-refractivity contribution in [3.8, 4) is 0 Å². The lowest BCUT2D eigenvalue weighted by molar-refractivity contribution is -0.121. The zero-order valence-corrected chi connectivity index (χ0v) is 9.13. The predicted molar refractivity (Wildman–Crippen MR) is 56.4 cm³/mol. The number of hydrogen-bond donors (Lipinski definition) is 0. The van der Waals surface area contributed by atoms with Crippen molar-refractivity contribution in [3.05, 3.63) is 0 Å². The quantitative estimate of drug-likeness (QED) is 0.607. The lowest BCUT2D eigenvalue weighted by atomic mass is 10.1. The van der Waals surface area contributed by atoms with Crippen molar-refractivity contribution in [1.29, 1.82) is 0 Å². The standard InChI is InChI=1S/C11H21NO2/c1-2-3-4-5-11(13)10-12-6-8-14-9-7-12/h2-10H2,1H3. The highest BCUT2D eigenvalue weighted by Gasteiger charge is 2.13. The van der Waals surface area contributed by atoms with Gasteiger partial charge in [-0.25, -0.2) is 0 Å². The second-order valence-corrected chi connectivity index (χ2v) is 3.88. The first kappa shape index (κ1) is 11.7. The average molecular weight is 199 g/mol. The smallest absolute Gasteiger partial charge is 0.146 e. The van der Waals surface area contributed by atoms with Gasteiger partial charge in [-0.05, 0) is 6.42 Å². The SMILES string of the molecule is CCCCCC(=O)CN1CCOCC1. The summed E-state index contributed by atoms with van der Waals surface area (Å²) in [6.07, 6.45) is 4.17. The minimum Gasteiger partial charge on any atom is -0.379 e. The van der Waals surface area contributed by atoms with E-state index in [2.05, 4.69) is 11.8 Å². The Labute approximate surface area is 86.4 Å². The van der Waals surface area contributed by atoms with Crippen molar-refractivity contribution in [2.45, 2.75) is 32.6 Å². The Bertz CT molecular complexity index is 165. The van der Waals surface area contributed by atoms with Crippen LogP contribution in [0, 0.1) is 0 Å². The second kappa shape index (κ2) is 6.96. The van der Waals surface area contributed by atoms with Crippen LogP contribution in [0.4, 0.5) is 0 Å². The molecule has 1 aliphatic rings. The number of hydrogen-bond acceptors (Lipinski definition) is 3. The predicted octanol–water partition coefficient (Wildman–Crippen LogP) is 1.47. The maximum absolute atomic E-state index is 11.5. The van der Waals surface area contributed by atoms with Crippen LogP contribution < -0.4 is 0 Å². The number of carbonyl (C=O) groups is 1. The Morgan fingerprint density at radius 2 is 2.00 bits per heavy atom. The third-order valence-corrected chi connectivity index (χ3v) is 2.56. The van der Waals surface area contributed by atoms with Crippen molar-refractivity contribution >= 4 is 5.78 Å². The fourth-order valence-corrected chi connectivity index (χ4v) is 1.66. The molecule has 14 heavy (non-hydrogen) atoms. The van der Waals surface area contributed by atoms with Gasteiger partial charge in [0.05, 0.1) is 19.8 Å². The van der Waals surface area contributed by atoms with E-state index in [0.717, 1.165) is 39.1 Å². The Morgan fingerprint density at radius 1 is 1.29 bits per heavy atom. The molecule has 0 aromatic rings. The molecule has 3 nitrogen and oxygen atoms in total. The van der Waals surface area contributed by atoms with Crippen LogP contribution in [0.5, 0.6) is 0 Å². The number of morpholine rings is 1. The highest BCUT2D eigenvalue weighted by Crippen LogP contribution is 2.02. The van der Waals surface area contributed by atoms with Gasteiger partial charge >= 0.3 is 0 Å². The molecule has 0 N–H and O–H groups in total. The summed E-state index contributed by atoms with van der Waals surface area (Å²) >= 11 is 0. The molecule has 3 heteroatoms. The molecule has 0 bridgehead atoms. The number of ether oxygens (including phenoxy) is 1. The Morgan fingerprint density at radius 3 is 2.64 bits per heavy atom. The monoisotopic (exact) mass is 199 g/mol. The normalized spacial score (nSPS) is 18.4. The number of nitrogens with zero attached hydrogens (tertiary/aromatic N) is 1. The van der Waals surface area contributed by atoms with Crippen molar-refractivity contribution in [2.24, 2.45) is 0 Å². The number of carbonyl (C=O) groups excluding carboxylic acids is 1. The van der Waals surface area contributed by atoms with E-state index in [1.165, 1.54) is 12.8 Å². The maximum Gasteiger partial charge on any atom is 0.146 e. The molecule has 1 aliphatic heterocycles. The van der Waals surface area contributed by atoms with Gasteiger partial charge in [-0.3, -0.25) is 9.69 Å². The van der Waals surface area contributed by atoms with E-state index in [-0.39, 0.29) is 0 Å². The lowest BCUT2D eigenvalue weighted by Gasteiger charge is -2.25. The summed E-state index contributed by atoms with van der Waals surface area (Å²) in [4.78, 5) is 13.7.